The van der Waals surface area contributed by atoms with Gasteiger partial charge in [0.25, 0.3) is 0 Å². The Labute approximate surface area is 345 Å². The second kappa shape index (κ2) is 22.9. The minimum Gasteiger partial charge on any atom is -0.307 e. The van der Waals surface area contributed by atoms with Crippen LogP contribution in [0.1, 0.15) is 179 Å². The fourth-order valence-corrected chi connectivity index (χ4v) is 11.5. The number of rotatable bonds is 6. The molecule has 0 aromatic rings. The van der Waals surface area contributed by atoms with Crippen molar-refractivity contribution in [3.8, 4) is 0 Å². The zero-order chi connectivity index (χ0) is 40.4. The number of likely N-dealkylation sites (tertiary alicyclic amines) is 2. The van der Waals surface area contributed by atoms with Crippen molar-refractivity contribution in [1.82, 2.24) is 29.4 Å². The van der Waals surface area contributed by atoms with Gasteiger partial charge in [0.2, 0.25) is 0 Å². The van der Waals surface area contributed by atoms with Gasteiger partial charge in [-0.15, -0.1) is 0 Å². The Kier molecular flexibility index (Phi) is 19.8. The average Bonchev–Trinajstić information content (AvgIpc) is 3.57. The molecule has 6 heteroatoms. The van der Waals surface area contributed by atoms with E-state index in [0.29, 0.717) is 6.04 Å². The van der Waals surface area contributed by atoms with E-state index in [9.17, 15) is 0 Å². The van der Waals surface area contributed by atoms with Gasteiger partial charge in [-0.05, 0) is 217 Å². The minimum absolute atomic E-state index is 0.685. The van der Waals surface area contributed by atoms with Gasteiger partial charge in [-0.25, -0.2) is 0 Å². The molecule has 6 atom stereocenters. The summed E-state index contributed by atoms with van der Waals surface area (Å²) in [6.45, 7) is 35.6. The summed E-state index contributed by atoms with van der Waals surface area (Å²) in [4.78, 5) is 15.4. The predicted octanol–water partition coefficient (Wildman–Crippen LogP) is 10.4. The van der Waals surface area contributed by atoms with E-state index < -0.39 is 0 Å². The lowest BCUT2D eigenvalue weighted by Gasteiger charge is -2.55. The average molecular weight is 771 g/mol. The Balaban J connectivity index is 0.000000149. The van der Waals surface area contributed by atoms with Crippen molar-refractivity contribution in [1.29, 1.82) is 0 Å². The lowest BCUT2D eigenvalue weighted by atomic mass is 9.71. The molecular weight excluding hydrogens is 673 g/mol. The molecule has 55 heavy (non-hydrogen) atoms. The van der Waals surface area contributed by atoms with Gasteiger partial charge in [0.1, 0.15) is 0 Å². The van der Waals surface area contributed by atoms with Crippen molar-refractivity contribution in [2.24, 2.45) is 23.7 Å². The molecule has 6 nitrogen and oxygen atoms in total. The van der Waals surface area contributed by atoms with Gasteiger partial charge in [0, 0.05) is 86.6 Å². The first kappa shape index (κ1) is 47.4. The lowest BCUT2D eigenvalue weighted by molar-refractivity contribution is -0.0511. The number of nitrogens with zero attached hydrogens (tertiary/aromatic N) is 6. The molecular formula is C49H98N6. The quantitative estimate of drug-likeness (QED) is 0.266. The van der Waals surface area contributed by atoms with E-state index in [4.69, 9.17) is 0 Å². The molecule has 11 aliphatic rings. The molecule has 0 N–H and O–H groups in total. The standard InChI is InChI=1S/2C10H19N.2C9H17N.C6H13N.C5H13N/c1-8(2)11-6-9-3-4-10(5-9)7-11;1-8(2)11-9-4-3-5-10(11)7-6-9;1-7(2)10-5-8-3-9(4-8)6-10;1-7(2)10-8-4-3-5-9(10)6-8;1-6(2)7-4-3-5-7;1-5(2)6(3)4/h2*8-10H,3-7H2,1-2H3;2*7-9H,3-6H2,1-2H3;6H,3-5H2,1-2H3;5H,1-4H3. The first-order valence-corrected chi connectivity index (χ1v) is 24.5. The van der Waals surface area contributed by atoms with Crippen molar-refractivity contribution in [3.05, 3.63) is 0 Å². The topological polar surface area (TPSA) is 19.4 Å². The number of hydrogen-bond donors (Lipinski definition) is 0. The van der Waals surface area contributed by atoms with Crippen LogP contribution in [0.15, 0.2) is 0 Å². The van der Waals surface area contributed by atoms with E-state index in [-0.39, 0.29) is 0 Å². The van der Waals surface area contributed by atoms with Gasteiger partial charge >= 0.3 is 0 Å². The van der Waals surface area contributed by atoms with Crippen LogP contribution in [0.5, 0.6) is 0 Å². The third kappa shape index (κ3) is 14.5. The SMILES string of the molecule is CC(C)N(C)C.CC(C)N1C2CCCC1C2.CC(C)N1C2CCCC1CC2.CC(C)N1CC2CC(C2)C1.CC(C)N1CC2CCC(C2)C1.CC(C)N1CCC1. The molecule has 11 fully saturated rings. The van der Waals surface area contributed by atoms with Crippen LogP contribution in [0.3, 0.4) is 0 Å². The second-order valence-corrected chi connectivity index (χ2v) is 21.8. The highest BCUT2D eigenvalue weighted by molar-refractivity contribution is 4.98. The molecule has 8 saturated heterocycles. The molecule has 0 radical (unpaired) electrons. The molecule has 6 unspecified atom stereocenters. The maximum atomic E-state index is 2.75. The van der Waals surface area contributed by atoms with Crippen LogP contribution in [-0.4, -0.2) is 143 Å². The summed E-state index contributed by atoms with van der Waals surface area (Å²) in [6, 6.07) is 8.46. The van der Waals surface area contributed by atoms with E-state index in [0.717, 1.165) is 78.0 Å². The highest BCUT2D eigenvalue weighted by atomic mass is 15.3. The highest BCUT2D eigenvalue weighted by Crippen LogP contribution is 2.41. The van der Waals surface area contributed by atoms with Crippen LogP contribution >= 0.6 is 0 Å². The first-order valence-electron chi connectivity index (χ1n) is 24.5. The van der Waals surface area contributed by atoms with Gasteiger partial charge in [-0.2, -0.15) is 0 Å². The van der Waals surface area contributed by atoms with Crippen LogP contribution in [0.25, 0.3) is 0 Å². The number of fused-ring (bicyclic) bond motifs is 8. The summed E-state index contributed by atoms with van der Waals surface area (Å²) in [7, 11) is 4.15. The van der Waals surface area contributed by atoms with Gasteiger partial charge < -0.3 is 19.6 Å². The Morgan fingerprint density at radius 3 is 0.964 bits per heavy atom. The van der Waals surface area contributed by atoms with Crippen molar-refractivity contribution >= 4 is 0 Å². The van der Waals surface area contributed by atoms with Crippen molar-refractivity contribution in [2.45, 2.75) is 240 Å². The zero-order valence-corrected chi connectivity index (χ0v) is 39.6. The van der Waals surface area contributed by atoms with Crippen LogP contribution < -0.4 is 0 Å². The fourth-order valence-electron chi connectivity index (χ4n) is 11.5. The predicted molar refractivity (Wildman–Crippen MR) is 241 cm³/mol. The summed E-state index contributed by atoms with van der Waals surface area (Å²) in [5.74, 6) is 4.24. The smallest absolute Gasteiger partial charge is 0.0116 e. The van der Waals surface area contributed by atoms with Gasteiger partial charge in [-0.3, -0.25) is 9.80 Å². The lowest BCUT2D eigenvalue weighted by Crippen LogP contribution is -2.61. The van der Waals surface area contributed by atoms with E-state index in [1.54, 1.807) is 0 Å². The maximum absolute atomic E-state index is 2.75. The van der Waals surface area contributed by atoms with Crippen LogP contribution in [-0.2, 0) is 0 Å². The molecule has 0 amide bonds. The molecule has 8 heterocycles. The van der Waals surface area contributed by atoms with Crippen molar-refractivity contribution in [3.63, 3.8) is 0 Å². The summed E-state index contributed by atoms with van der Waals surface area (Å²) < 4.78 is 0. The first-order chi connectivity index (χ1) is 26.0. The zero-order valence-electron chi connectivity index (χ0n) is 39.6. The maximum Gasteiger partial charge on any atom is 0.0116 e. The van der Waals surface area contributed by atoms with E-state index in [1.807, 2.05) is 0 Å². The Bertz CT molecular complexity index is 972. The highest BCUT2D eigenvalue weighted by Gasteiger charge is 2.42. The molecule has 11 rings (SSSR count). The number of piperidine rings is 5. The fraction of sp³-hybridized carbons (Fsp3) is 1.00. The number of hydrogen-bond acceptors (Lipinski definition) is 6. The molecule has 0 aromatic heterocycles. The largest absolute Gasteiger partial charge is 0.307 e. The molecule has 0 spiro atoms. The van der Waals surface area contributed by atoms with Gasteiger partial charge in [0.05, 0.1) is 0 Å². The van der Waals surface area contributed by atoms with Crippen molar-refractivity contribution in [2.75, 3.05) is 53.4 Å². The summed E-state index contributed by atoms with van der Waals surface area (Å²) in [5.41, 5.74) is 0. The normalized spacial score (nSPS) is 34.0. The third-order valence-corrected chi connectivity index (χ3v) is 15.5. The summed E-state index contributed by atoms with van der Waals surface area (Å²) >= 11 is 0. The third-order valence-electron chi connectivity index (χ3n) is 15.5. The molecule has 3 aliphatic carbocycles. The second-order valence-electron chi connectivity index (χ2n) is 21.8. The van der Waals surface area contributed by atoms with Crippen LogP contribution in [0.2, 0.25) is 0 Å². The van der Waals surface area contributed by atoms with E-state index >= 15 is 0 Å². The monoisotopic (exact) mass is 771 g/mol. The Morgan fingerprint density at radius 2 is 0.709 bits per heavy atom. The molecule has 3 saturated carbocycles. The molecule has 8 bridgehead atoms. The van der Waals surface area contributed by atoms with Crippen molar-refractivity contribution < 1.29 is 0 Å². The van der Waals surface area contributed by atoms with Gasteiger partial charge in [0.15, 0.2) is 0 Å². The van der Waals surface area contributed by atoms with Gasteiger partial charge in [-0.1, -0.05) is 12.8 Å². The van der Waals surface area contributed by atoms with E-state index in [2.05, 4.69) is 127 Å². The minimum atomic E-state index is 0.685. The van der Waals surface area contributed by atoms with Crippen LogP contribution in [0, 0.1) is 23.7 Å². The van der Waals surface area contributed by atoms with Crippen LogP contribution in [0.4, 0.5) is 0 Å². The molecule has 324 valence electrons. The Morgan fingerprint density at radius 1 is 0.364 bits per heavy atom. The Hall–Kier alpha value is -0.240. The van der Waals surface area contributed by atoms with E-state index in [1.165, 1.54) is 136 Å². The molecule has 8 aliphatic heterocycles. The molecule has 0 aromatic carbocycles. The summed E-state index contributed by atoms with van der Waals surface area (Å²) in [5, 5.41) is 0. The summed E-state index contributed by atoms with van der Waals surface area (Å²) in [6.07, 6.45) is 22.3.